The average Bonchev–Trinajstić information content (AvgIpc) is 2.43. The molecule has 1 aromatic rings. The third kappa shape index (κ3) is 4.40. The fourth-order valence-corrected chi connectivity index (χ4v) is 2.14. The van der Waals surface area contributed by atoms with Gasteiger partial charge in [0.1, 0.15) is 6.61 Å². The molecule has 1 N–H and O–H groups in total. The first-order chi connectivity index (χ1) is 9.47. The molecule has 1 aromatic carbocycles. The predicted octanol–water partition coefficient (Wildman–Crippen LogP) is 2.54. The molecule has 0 aliphatic heterocycles. The Kier molecular flexibility index (Phi) is 6.27. The van der Waals surface area contributed by atoms with Crippen molar-refractivity contribution in [3.8, 4) is 11.8 Å². The van der Waals surface area contributed by atoms with Crippen LogP contribution in [-0.2, 0) is 0 Å². The Hall–Kier alpha value is -1.79. The predicted molar refractivity (Wildman–Crippen MR) is 81.4 cm³/mol. The summed E-state index contributed by atoms with van der Waals surface area (Å²) in [6.07, 6.45) is 0.965. The van der Waals surface area contributed by atoms with Crippen LogP contribution in [0.25, 0.3) is 0 Å². The van der Waals surface area contributed by atoms with Gasteiger partial charge in [0.2, 0.25) is 0 Å². The van der Waals surface area contributed by atoms with E-state index >= 15 is 0 Å². The number of hydrogen-bond donors (Lipinski definition) is 1. The van der Waals surface area contributed by atoms with E-state index in [1.165, 1.54) is 0 Å². The Labute approximate surface area is 121 Å². The van der Waals surface area contributed by atoms with Gasteiger partial charge in [0, 0.05) is 18.7 Å². The Bertz CT molecular complexity index is 511. The van der Waals surface area contributed by atoms with Crippen LogP contribution in [0.3, 0.4) is 0 Å². The maximum Gasteiger partial charge on any atom is 0.255 e. The van der Waals surface area contributed by atoms with Gasteiger partial charge in [-0.05, 0) is 31.4 Å². The zero-order valence-electron chi connectivity index (χ0n) is 12.7. The Morgan fingerprint density at radius 3 is 2.55 bits per heavy atom. The van der Waals surface area contributed by atoms with Crippen LogP contribution in [0.15, 0.2) is 24.3 Å². The normalized spacial score (nSPS) is 11.7. The van der Waals surface area contributed by atoms with E-state index in [9.17, 15) is 4.79 Å². The number of aliphatic hydroxyl groups excluding tert-OH is 1. The lowest BCUT2D eigenvalue weighted by Crippen LogP contribution is -2.36. The van der Waals surface area contributed by atoms with Crippen molar-refractivity contribution in [1.82, 2.24) is 4.90 Å². The molecule has 0 saturated carbocycles. The fourth-order valence-electron chi connectivity index (χ4n) is 2.14. The molecule has 0 spiro atoms. The first-order valence-electron chi connectivity index (χ1n) is 6.93. The van der Waals surface area contributed by atoms with Crippen molar-refractivity contribution in [3.63, 3.8) is 0 Å². The van der Waals surface area contributed by atoms with Crippen molar-refractivity contribution < 1.29 is 9.90 Å². The van der Waals surface area contributed by atoms with Crippen molar-refractivity contribution in [2.24, 2.45) is 5.92 Å². The van der Waals surface area contributed by atoms with E-state index < -0.39 is 0 Å². The van der Waals surface area contributed by atoms with Gasteiger partial charge >= 0.3 is 0 Å². The van der Waals surface area contributed by atoms with E-state index in [0.29, 0.717) is 17.0 Å². The highest BCUT2D eigenvalue weighted by molar-refractivity contribution is 5.96. The molecule has 1 amide bonds. The number of carbonyl (C=O) groups is 1. The molecule has 0 bridgehead atoms. The van der Waals surface area contributed by atoms with Crippen molar-refractivity contribution in [3.05, 3.63) is 35.4 Å². The van der Waals surface area contributed by atoms with Crippen molar-refractivity contribution in [2.45, 2.75) is 33.2 Å². The number of carbonyl (C=O) groups excluding carboxylic acids is 1. The van der Waals surface area contributed by atoms with Gasteiger partial charge in [-0.3, -0.25) is 4.79 Å². The molecule has 20 heavy (non-hydrogen) atoms. The lowest BCUT2D eigenvalue weighted by Gasteiger charge is -2.26. The molecule has 3 heteroatoms. The lowest BCUT2D eigenvalue weighted by molar-refractivity contribution is 0.0728. The average molecular weight is 273 g/mol. The molecule has 0 fully saturated rings. The molecule has 0 aliphatic rings. The van der Waals surface area contributed by atoms with Gasteiger partial charge in [-0.2, -0.15) is 0 Å². The summed E-state index contributed by atoms with van der Waals surface area (Å²) < 4.78 is 0. The van der Waals surface area contributed by atoms with Crippen LogP contribution in [0.5, 0.6) is 0 Å². The molecule has 0 radical (unpaired) electrons. The first-order valence-corrected chi connectivity index (χ1v) is 6.93. The number of rotatable bonds is 4. The van der Waals surface area contributed by atoms with Crippen LogP contribution >= 0.6 is 0 Å². The number of nitrogens with zero attached hydrogens (tertiary/aromatic N) is 1. The number of hydrogen-bond acceptors (Lipinski definition) is 2. The summed E-state index contributed by atoms with van der Waals surface area (Å²) in [6, 6.07) is 7.44. The van der Waals surface area contributed by atoms with Gasteiger partial charge in [-0.15, -0.1) is 0 Å². The lowest BCUT2D eigenvalue weighted by atomic mass is 10.0. The van der Waals surface area contributed by atoms with Crippen LogP contribution in [0.1, 0.15) is 43.1 Å². The molecule has 0 heterocycles. The van der Waals surface area contributed by atoms with Gasteiger partial charge in [-0.1, -0.05) is 37.8 Å². The van der Waals surface area contributed by atoms with E-state index in [-0.39, 0.29) is 18.6 Å². The number of benzene rings is 1. The minimum atomic E-state index is -0.206. The summed E-state index contributed by atoms with van der Waals surface area (Å²) in [5.74, 6) is 5.95. The second kappa shape index (κ2) is 7.72. The van der Waals surface area contributed by atoms with E-state index in [4.69, 9.17) is 5.11 Å². The third-order valence-electron chi connectivity index (χ3n) is 3.25. The molecule has 0 aromatic heterocycles. The first kappa shape index (κ1) is 16.3. The van der Waals surface area contributed by atoms with Crippen molar-refractivity contribution in [1.29, 1.82) is 0 Å². The van der Waals surface area contributed by atoms with Gasteiger partial charge in [0.25, 0.3) is 5.91 Å². The van der Waals surface area contributed by atoms with Crippen LogP contribution in [-0.4, -0.2) is 35.6 Å². The van der Waals surface area contributed by atoms with E-state index in [1.54, 1.807) is 17.0 Å². The van der Waals surface area contributed by atoms with Gasteiger partial charge < -0.3 is 10.0 Å². The quantitative estimate of drug-likeness (QED) is 0.856. The second-order valence-electron chi connectivity index (χ2n) is 5.40. The summed E-state index contributed by atoms with van der Waals surface area (Å²) in [4.78, 5) is 14.3. The molecule has 1 atom stereocenters. The summed E-state index contributed by atoms with van der Waals surface area (Å²) >= 11 is 0. The van der Waals surface area contributed by atoms with Crippen LogP contribution in [0.2, 0.25) is 0 Å². The fraction of sp³-hybridized carbons (Fsp3) is 0.471. The minimum absolute atomic E-state index is 0.0269. The van der Waals surface area contributed by atoms with E-state index in [1.807, 2.05) is 19.2 Å². The highest BCUT2D eigenvalue weighted by Gasteiger charge is 2.19. The molecule has 1 rings (SSSR count). The molecule has 0 saturated heterocycles. The van der Waals surface area contributed by atoms with Crippen molar-refractivity contribution in [2.75, 3.05) is 13.7 Å². The van der Waals surface area contributed by atoms with Gasteiger partial charge in [0.15, 0.2) is 0 Å². The second-order valence-corrected chi connectivity index (χ2v) is 5.40. The zero-order chi connectivity index (χ0) is 15.1. The molecular weight excluding hydrogens is 250 g/mol. The molecule has 1 unspecified atom stereocenters. The summed E-state index contributed by atoms with van der Waals surface area (Å²) in [5.41, 5.74) is 1.25. The minimum Gasteiger partial charge on any atom is -0.384 e. The summed E-state index contributed by atoms with van der Waals surface area (Å²) in [6.45, 7) is 6.15. The topological polar surface area (TPSA) is 40.5 Å². The van der Waals surface area contributed by atoms with Gasteiger partial charge in [-0.25, -0.2) is 0 Å². The molecule has 0 aliphatic carbocycles. The number of amides is 1. The maximum atomic E-state index is 12.5. The molecule has 3 nitrogen and oxygen atoms in total. The monoisotopic (exact) mass is 273 g/mol. The zero-order valence-corrected chi connectivity index (χ0v) is 12.7. The maximum absolute atomic E-state index is 12.5. The molecular formula is C17H23NO2. The Morgan fingerprint density at radius 2 is 1.95 bits per heavy atom. The SMILES string of the molecule is CC(C)CC(C)N(C)C(=O)c1ccccc1C#CCO. The summed E-state index contributed by atoms with van der Waals surface area (Å²) in [7, 11) is 1.83. The van der Waals surface area contributed by atoms with Crippen LogP contribution in [0, 0.1) is 17.8 Å². The van der Waals surface area contributed by atoms with Crippen LogP contribution < -0.4 is 0 Å². The highest BCUT2D eigenvalue weighted by Crippen LogP contribution is 2.15. The summed E-state index contributed by atoms with van der Waals surface area (Å²) in [5, 5.41) is 8.78. The van der Waals surface area contributed by atoms with Gasteiger partial charge in [0.05, 0.1) is 5.56 Å². The standard InChI is InChI=1S/C17H23NO2/c1-13(2)12-14(3)18(4)17(20)16-10-6-5-8-15(16)9-7-11-19/h5-6,8,10,13-14,19H,11-12H2,1-4H3. The smallest absolute Gasteiger partial charge is 0.255 e. The van der Waals surface area contributed by atoms with E-state index in [0.717, 1.165) is 6.42 Å². The van der Waals surface area contributed by atoms with E-state index in [2.05, 4.69) is 32.6 Å². The third-order valence-corrected chi connectivity index (χ3v) is 3.25. The van der Waals surface area contributed by atoms with Crippen molar-refractivity contribution >= 4 is 5.91 Å². The molecule has 108 valence electrons. The highest BCUT2D eigenvalue weighted by atomic mass is 16.2. The Balaban J connectivity index is 2.97. The largest absolute Gasteiger partial charge is 0.384 e. The number of aliphatic hydroxyl groups is 1. The Morgan fingerprint density at radius 1 is 1.30 bits per heavy atom. The van der Waals surface area contributed by atoms with Crippen LogP contribution in [0.4, 0.5) is 0 Å².